The van der Waals surface area contributed by atoms with E-state index in [4.69, 9.17) is 16.3 Å². The molecule has 1 saturated carbocycles. The number of ether oxygens (including phenoxy) is 1. The predicted molar refractivity (Wildman–Crippen MR) is 60.5 cm³/mol. The summed E-state index contributed by atoms with van der Waals surface area (Å²) in [5, 5.41) is 3.21. The lowest BCUT2D eigenvalue weighted by Gasteiger charge is -2.34. The number of pyridine rings is 1. The molecule has 0 saturated heterocycles. The second-order valence-corrected chi connectivity index (χ2v) is 4.23. The fourth-order valence-electron chi connectivity index (χ4n) is 1.67. The number of hydrogen-bond acceptors (Lipinski definition) is 3. The normalized spacial score (nSPS) is 23.6. The van der Waals surface area contributed by atoms with Gasteiger partial charge in [-0.15, -0.1) is 0 Å². The highest BCUT2D eigenvalue weighted by Gasteiger charge is 2.30. The molecule has 1 aromatic heterocycles. The van der Waals surface area contributed by atoms with Gasteiger partial charge in [-0.2, -0.15) is 0 Å². The Hall–Kier alpha value is -1.13. The van der Waals surface area contributed by atoms with E-state index >= 15 is 0 Å². The summed E-state index contributed by atoms with van der Waals surface area (Å²) in [7, 11) is 1.68. The van der Waals surface area contributed by atoms with Crippen LogP contribution in [0, 0.1) is 0 Å². The minimum Gasteiger partial charge on any atom is -0.381 e. The van der Waals surface area contributed by atoms with E-state index in [1.165, 1.54) is 0 Å². The van der Waals surface area contributed by atoms with Crippen molar-refractivity contribution in [1.29, 1.82) is 0 Å². The summed E-state index contributed by atoms with van der Waals surface area (Å²) in [6.45, 7) is 0. The van der Waals surface area contributed by atoms with Crippen LogP contribution in [0.15, 0.2) is 18.2 Å². The molecule has 86 valence electrons. The van der Waals surface area contributed by atoms with Crippen molar-refractivity contribution >= 4 is 17.5 Å². The van der Waals surface area contributed by atoms with Crippen molar-refractivity contribution in [3.8, 4) is 0 Å². The second-order valence-electron chi connectivity index (χ2n) is 3.85. The zero-order valence-electron chi connectivity index (χ0n) is 8.94. The van der Waals surface area contributed by atoms with E-state index in [2.05, 4.69) is 10.3 Å². The molecule has 1 fully saturated rings. The van der Waals surface area contributed by atoms with E-state index < -0.39 is 0 Å². The number of nitrogens with zero attached hydrogens (tertiary/aromatic N) is 1. The van der Waals surface area contributed by atoms with Crippen molar-refractivity contribution in [3.05, 3.63) is 29.0 Å². The summed E-state index contributed by atoms with van der Waals surface area (Å²) in [5.74, 6) is -0.179. The summed E-state index contributed by atoms with van der Waals surface area (Å²) < 4.78 is 5.13. The lowest BCUT2D eigenvalue weighted by atomic mass is 9.89. The van der Waals surface area contributed by atoms with Crippen LogP contribution in [0.25, 0.3) is 0 Å². The number of rotatable bonds is 3. The van der Waals surface area contributed by atoms with Crippen LogP contribution < -0.4 is 5.32 Å². The minimum atomic E-state index is -0.179. The van der Waals surface area contributed by atoms with Gasteiger partial charge in [-0.25, -0.2) is 4.98 Å². The van der Waals surface area contributed by atoms with Gasteiger partial charge in [0.1, 0.15) is 10.8 Å². The fourth-order valence-corrected chi connectivity index (χ4v) is 1.83. The van der Waals surface area contributed by atoms with E-state index in [1.54, 1.807) is 25.3 Å². The van der Waals surface area contributed by atoms with Gasteiger partial charge in [-0.05, 0) is 25.0 Å². The van der Waals surface area contributed by atoms with E-state index in [1.807, 2.05) is 0 Å². The summed E-state index contributed by atoms with van der Waals surface area (Å²) >= 11 is 5.71. The SMILES string of the molecule is COC1CC(NC(=O)c2cccc(Cl)n2)C1. The van der Waals surface area contributed by atoms with Gasteiger partial charge in [0, 0.05) is 13.2 Å². The molecule has 0 unspecified atom stereocenters. The van der Waals surface area contributed by atoms with E-state index in [-0.39, 0.29) is 18.1 Å². The maximum atomic E-state index is 11.7. The van der Waals surface area contributed by atoms with Gasteiger partial charge >= 0.3 is 0 Å². The van der Waals surface area contributed by atoms with Crippen molar-refractivity contribution < 1.29 is 9.53 Å². The first-order valence-electron chi connectivity index (χ1n) is 5.15. The maximum absolute atomic E-state index is 11.7. The summed E-state index contributed by atoms with van der Waals surface area (Å²) in [6, 6.07) is 5.19. The molecule has 1 aliphatic rings. The van der Waals surface area contributed by atoms with Crippen LogP contribution in [0.3, 0.4) is 0 Å². The molecule has 5 heteroatoms. The Morgan fingerprint density at radius 1 is 1.56 bits per heavy atom. The third-order valence-electron chi connectivity index (χ3n) is 2.71. The molecule has 0 bridgehead atoms. The monoisotopic (exact) mass is 240 g/mol. The zero-order chi connectivity index (χ0) is 11.5. The molecule has 4 nitrogen and oxygen atoms in total. The van der Waals surface area contributed by atoms with Crippen LogP contribution in [0.1, 0.15) is 23.3 Å². The van der Waals surface area contributed by atoms with Crippen molar-refractivity contribution in [2.45, 2.75) is 25.0 Å². The highest BCUT2D eigenvalue weighted by molar-refractivity contribution is 6.29. The molecule has 1 heterocycles. The average molecular weight is 241 g/mol. The maximum Gasteiger partial charge on any atom is 0.270 e. The van der Waals surface area contributed by atoms with Crippen molar-refractivity contribution in [3.63, 3.8) is 0 Å². The highest BCUT2D eigenvalue weighted by Crippen LogP contribution is 2.22. The van der Waals surface area contributed by atoms with E-state index in [9.17, 15) is 4.79 Å². The molecule has 2 rings (SSSR count). The Morgan fingerprint density at radius 3 is 2.94 bits per heavy atom. The Kier molecular flexibility index (Phi) is 3.41. The van der Waals surface area contributed by atoms with Crippen molar-refractivity contribution in [2.24, 2.45) is 0 Å². The van der Waals surface area contributed by atoms with Crippen LogP contribution in [0.4, 0.5) is 0 Å². The quantitative estimate of drug-likeness (QED) is 0.818. The van der Waals surface area contributed by atoms with Gasteiger partial charge in [0.2, 0.25) is 0 Å². The molecule has 0 aliphatic heterocycles. The second kappa shape index (κ2) is 4.80. The van der Waals surface area contributed by atoms with Crippen LogP contribution >= 0.6 is 11.6 Å². The number of carbonyl (C=O) groups excluding carboxylic acids is 1. The molecule has 16 heavy (non-hydrogen) atoms. The van der Waals surface area contributed by atoms with Gasteiger partial charge < -0.3 is 10.1 Å². The molecular formula is C11H13ClN2O2. The zero-order valence-corrected chi connectivity index (χ0v) is 9.70. The molecule has 1 amide bonds. The van der Waals surface area contributed by atoms with Gasteiger partial charge in [-0.3, -0.25) is 4.79 Å². The lowest BCUT2D eigenvalue weighted by molar-refractivity contribution is 0.0175. The third kappa shape index (κ3) is 2.51. The number of nitrogens with one attached hydrogen (secondary N) is 1. The Bertz CT molecular complexity index is 391. The predicted octanol–water partition coefficient (Wildman–Crippen LogP) is 1.64. The minimum absolute atomic E-state index is 0.179. The molecule has 0 aromatic carbocycles. The highest BCUT2D eigenvalue weighted by atomic mass is 35.5. The molecule has 0 atom stereocenters. The first-order chi connectivity index (χ1) is 7.69. The molecule has 1 aliphatic carbocycles. The molecular weight excluding hydrogens is 228 g/mol. The topological polar surface area (TPSA) is 51.2 Å². The van der Waals surface area contributed by atoms with Gasteiger partial charge in [0.25, 0.3) is 5.91 Å². The Balaban J connectivity index is 1.89. The molecule has 1 N–H and O–H groups in total. The number of carbonyl (C=O) groups is 1. The summed E-state index contributed by atoms with van der Waals surface area (Å²) in [6.07, 6.45) is 2.00. The van der Waals surface area contributed by atoms with Gasteiger partial charge in [-0.1, -0.05) is 17.7 Å². The van der Waals surface area contributed by atoms with Crippen LogP contribution in [0.2, 0.25) is 5.15 Å². The van der Waals surface area contributed by atoms with E-state index in [0.29, 0.717) is 10.8 Å². The van der Waals surface area contributed by atoms with Gasteiger partial charge in [0.05, 0.1) is 6.10 Å². The Morgan fingerprint density at radius 2 is 2.31 bits per heavy atom. The average Bonchev–Trinajstić information content (AvgIpc) is 2.22. The first kappa shape index (κ1) is 11.4. The number of methoxy groups -OCH3 is 1. The fraction of sp³-hybridized carbons (Fsp3) is 0.455. The number of aromatic nitrogens is 1. The number of hydrogen-bond donors (Lipinski definition) is 1. The van der Waals surface area contributed by atoms with Crippen LogP contribution in [-0.2, 0) is 4.74 Å². The smallest absolute Gasteiger partial charge is 0.270 e. The first-order valence-corrected chi connectivity index (χ1v) is 5.53. The molecule has 0 radical (unpaired) electrons. The summed E-state index contributed by atoms with van der Waals surface area (Å²) in [5.41, 5.74) is 0.355. The standard InChI is InChI=1S/C11H13ClN2O2/c1-16-8-5-7(6-8)13-11(15)9-3-2-4-10(12)14-9/h2-4,7-8H,5-6H2,1H3,(H,13,15). The van der Waals surface area contributed by atoms with Gasteiger partial charge in [0.15, 0.2) is 0 Å². The molecule has 1 aromatic rings. The van der Waals surface area contributed by atoms with Crippen molar-refractivity contribution in [2.75, 3.05) is 7.11 Å². The van der Waals surface area contributed by atoms with Crippen LogP contribution in [0.5, 0.6) is 0 Å². The van der Waals surface area contributed by atoms with Crippen molar-refractivity contribution in [1.82, 2.24) is 10.3 Å². The molecule has 0 spiro atoms. The Labute approximate surface area is 99.0 Å². The largest absolute Gasteiger partial charge is 0.381 e. The van der Waals surface area contributed by atoms with Crippen LogP contribution in [-0.4, -0.2) is 30.1 Å². The number of amides is 1. The third-order valence-corrected chi connectivity index (χ3v) is 2.92. The summed E-state index contributed by atoms with van der Waals surface area (Å²) in [4.78, 5) is 15.7. The van der Waals surface area contributed by atoms with E-state index in [0.717, 1.165) is 12.8 Å². The lowest BCUT2D eigenvalue weighted by Crippen LogP contribution is -2.47. The number of halogens is 1.